The molecule has 0 aliphatic heterocycles. The number of nitrogens with two attached hydrogens (primary N) is 1. The second-order valence-corrected chi connectivity index (χ2v) is 5.51. The van der Waals surface area contributed by atoms with Gasteiger partial charge in [0.15, 0.2) is 11.5 Å². The maximum absolute atomic E-state index is 9.31. The second-order valence-electron chi connectivity index (χ2n) is 5.51. The van der Waals surface area contributed by atoms with Crippen LogP contribution in [0, 0.1) is 5.41 Å². The lowest BCUT2D eigenvalue weighted by Crippen LogP contribution is -2.41. The molecule has 0 spiro atoms. The van der Waals surface area contributed by atoms with Gasteiger partial charge < -0.3 is 20.3 Å². The SMILES string of the molecule is CCC(N)C(C)(CCO)Cc1ccc(OC)c(OC)c1. The molecule has 0 aliphatic rings. The van der Waals surface area contributed by atoms with Crippen molar-refractivity contribution in [1.82, 2.24) is 0 Å². The van der Waals surface area contributed by atoms with E-state index < -0.39 is 0 Å². The van der Waals surface area contributed by atoms with Crippen molar-refractivity contribution in [1.29, 1.82) is 0 Å². The van der Waals surface area contributed by atoms with Gasteiger partial charge in [-0.1, -0.05) is 19.9 Å². The topological polar surface area (TPSA) is 64.7 Å². The largest absolute Gasteiger partial charge is 0.493 e. The fourth-order valence-corrected chi connectivity index (χ4v) is 2.61. The Morgan fingerprint density at radius 3 is 2.40 bits per heavy atom. The van der Waals surface area contributed by atoms with Gasteiger partial charge in [0.1, 0.15) is 0 Å². The molecule has 2 atom stereocenters. The quantitative estimate of drug-likeness (QED) is 0.768. The summed E-state index contributed by atoms with van der Waals surface area (Å²) in [7, 11) is 3.26. The van der Waals surface area contributed by atoms with Gasteiger partial charge in [0.25, 0.3) is 0 Å². The van der Waals surface area contributed by atoms with E-state index in [2.05, 4.69) is 13.8 Å². The maximum Gasteiger partial charge on any atom is 0.160 e. The normalized spacial score (nSPS) is 15.5. The smallest absolute Gasteiger partial charge is 0.160 e. The Labute approximate surface area is 121 Å². The Bertz CT molecular complexity index is 422. The lowest BCUT2D eigenvalue weighted by molar-refractivity contribution is 0.162. The standard InChI is InChI=1S/C16H27NO3/c1-5-15(17)16(2,8-9-18)11-12-6-7-13(19-3)14(10-12)20-4/h6-7,10,15,18H,5,8-9,11,17H2,1-4H3. The fourth-order valence-electron chi connectivity index (χ4n) is 2.61. The zero-order valence-electron chi connectivity index (χ0n) is 13.0. The third-order valence-corrected chi connectivity index (χ3v) is 4.07. The summed E-state index contributed by atoms with van der Waals surface area (Å²) in [6.45, 7) is 4.36. The predicted molar refractivity (Wildman–Crippen MR) is 81.3 cm³/mol. The Morgan fingerprint density at radius 2 is 1.90 bits per heavy atom. The molecule has 0 radical (unpaired) electrons. The van der Waals surface area contributed by atoms with E-state index in [1.165, 1.54) is 0 Å². The molecule has 1 rings (SSSR count). The van der Waals surface area contributed by atoms with Crippen molar-refractivity contribution in [2.75, 3.05) is 20.8 Å². The molecule has 0 aromatic heterocycles. The van der Waals surface area contributed by atoms with Crippen LogP contribution < -0.4 is 15.2 Å². The third kappa shape index (κ3) is 3.87. The van der Waals surface area contributed by atoms with Crippen LogP contribution in [0.4, 0.5) is 0 Å². The Morgan fingerprint density at radius 1 is 1.25 bits per heavy atom. The molecular formula is C16H27NO3. The van der Waals surface area contributed by atoms with Crippen molar-refractivity contribution >= 4 is 0 Å². The summed E-state index contributed by atoms with van der Waals surface area (Å²) in [6.07, 6.45) is 2.39. The molecule has 1 aromatic rings. The molecule has 0 saturated heterocycles. The van der Waals surface area contributed by atoms with Gasteiger partial charge in [0.05, 0.1) is 14.2 Å². The van der Waals surface area contributed by atoms with Crippen LogP contribution in [0.3, 0.4) is 0 Å². The van der Waals surface area contributed by atoms with Gasteiger partial charge in [-0.2, -0.15) is 0 Å². The van der Waals surface area contributed by atoms with E-state index in [1.807, 2.05) is 18.2 Å². The van der Waals surface area contributed by atoms with E-state index in [1.54, 1.807) is 14.2 Å². The Balaban J connectivity index is 2.99. The highest BCUT2D eigenvalue weighted by Gasteiger charge is 2.30. The number of hydrogen-bond donors (Lipinski definition) is 2. The lowest BCUT2D eigenvalue weighted by atomic mass is 9.74. The maximum atomic E-state index is 9.31. The van der Waals surface area contributed by atoms with Gasteiger partial charge in [0, 0.05) is 12.6 Å². The van der Waals surface area contributed by atoms with Crippen LogP contribution in [-0.4, -0.2) is 32.0 Å². The number of rotatable bonds is 8. The highest BCUT2D eigenvalue weighted by atomic mass is 16.5. The predicted octanol–water partition coefficient (Wildman–Crippen LogP) is 2.37. The van der Waals surface area contributed by atoms with Crippen LogP contribution in [0.25, 0.3) is 0 Å². The zero-order valence-corrected chi connectivity index (χ0v) is 13.0. The number of aliphatic hydroxyl groups is 1. The van der Waals surface area contributed by atoms with E-state index in [0.29, 0.717) is 6.42 Å². The van der Waals surface area contributed by atoms with Gasteiger partial charge in [-0.15, -0.1) is 0 Å². The number of methoxy groups -OCH3 is 2. The molecule has 114 valence electrons. The van der Waals surface area contributed by atoms with E-state index >= 15 is 0 Å². The van der Waals surface area contributed by atoms with Crippen molar-refractivity contribution in [3.8, 4) is 11.5 Å². The van der Waals surface area contributed by atoms with Gasteiger partial charge in [-0.25, -0.2) is 0 Å². The molecular weight excluding hydrogens is 254 g/mol. The third-order valence-electron chi connectivity index (χ3n) is 4.07. The van der Waals surface area contributed by atoms with E-state index in [0.717, 1.165) is 29.9 Å². The molecule has 4 heteroatoms. The summed E-state index contributed by atoms with van der Waals surface area (Å²) in [5, 5.41) is 9.31. The summed E-state index contributed by atoms with van der Waals surface area (Å²) in [4.78, 5) is 0. The van der Waals surface area contributed by atoms with Crippen LogP contribution in [0.1, 0.15) is 32.3 Å². The lowest BCUT2D eigenvalue weighted by Gasteiger charge is -2.35. The van der Waals surface area contributed by atoms with Crippen LogP contribution in [0.15, 0.2) is 18.2 Å². The van der Waals surface area contributed by atoms with Crippen LogP contribution in [0.5, 0.6) is 11.5 Å². The Hall–Kier alpha value is -1.26. The molecule has 0 amide bonds. The van der Waals surface area contributed by atoms with Gasteiger partial charge in [-0.3, -0.25) is 0 Å². The minimum Gasteiger partial charge on any atom is -0.493 e. The number of hydrogen-bond acceptors (Lipinski definition) is 4. The van der Waals surface area contributed by atoms with Crippen molar-refractivity contribution in [2.24, 2.45) is 11.1 Å². The number of aliphatic hydroxyl groups excluding tert-OH is 1. The molecule has 4 nitrogen and oxygen atoms in total. The molecule has 3 N–H and O–H groups in total. The van der Waals surface area contributed by atoms with Gasteiger partial charge in [-0.05, 0) is 42.4 Å². The average molecular weight is 281 g/mol. The van der Waals surface area contributed by atoms with E-state index in [9.17, 15) is 5.11 Å². The minimum atomic E-state index is -0.122. The fraction of sp³-hybridized carbons (Fsp3) is 0.625. The van der Waals surface area contributed by atoms with Crippen LogP contribution >= 0.6 is 0 Å². The number of benzene rings is 1. The summed E-state index contributed by atoms with van der Waals surface area (Å²) in [5.74, 6) is 1.45. The van der Waals surface area contributed by atoms with Crippen molar-refractivity contribution in [2.45, 2.75) is 39.2 Å². The first-order chi connectivity index (χ1) is 9.50. The van der Waals surface area contributed by atoms with Crippen LogP contribution in [0.2, 0.25) is 0 Å². The van der Waals surface area contributed by atoms with Crippen molar-refractivity contribution in [3.63, 3.8) is 0 Å². The zero-order chi connectivity index (χ0) is 15.2. The highest BCUT2D eigenvalue weighted by Crippen LogP contribution is 2.34. The highest BCUT2D eigenvalue weighted by molar-refractivity contribution is 5.43. The molecule has 0 aliphatic carbocycles. The molecule has 0 heterocycles. The summed E-state index contributed by atoms with van der Waals surface area (Å²) >= 11 is 0. The minimum absolute atomic E-state index is 0.0581. The second kappa shape index (κ2) is 7.50. The molecule has 20 heavy (non-hydrogen) atoms. The van der Waals surface area contributed by atoms with Crippen molar-refractivity contribution in [3.05, 3.63) is 23.8 Å². The van der Waals surface area contributed by atoms with Crippen molar-refractivity contribution < 1.29 is 14.6 Å². The van der Waals surface area contributed by atoms with E-state index in [-0.39, 0.29) is 18.1 Å². The first kappa shape index (κ1) is 16.8. The molecule has 0 fully saturated rings. The number of ether oxygens (including phenoxy) is 2. The summed E-state index contributed by atoms with van der Waals surface area (Å²) in [5.41, 5.74) is 7.26. The van der Waals surface area contributed by atoms with E-state index in [4.69, 9.17) is 15.2 Å². The molecule has 0 saturated carbocycles. The Kier molecular flexibility index (Phi) is 6.30. The first-order valence-corrected chi connectivity index (χ1v) is 7.08. The van der Waals surface area contributed by atoms with Crippen LogP contribution in [-0.2, 0) is 6.42 Å². The molecule has 1 aromatic carbocycles. The first-order valence-electron chi connectivity index (χ1n) is 7.08. The monoisotopic (exact) mass is 281 g/mol. The molecule has 0 bridgehead atoms. The summed E-state index contributed by atoms with van der Waals surface area (Å²) < 4.78 is 10.6. The molecule has 2 unspecified atom stereocenters. The summed E-state index contributed by atoms with van der Waals surface area (Å²) in [6, 6.07) is 5.98. The average Bonchev–Trinajstić information content (AvgIpc) is 2.46. The van der Waals surface area contributed by atoms with Gasteiger partial charge >= 0.3 is 0 Å². The van der Waals surface area contributed by atoms with Gasteiger partial charge in [0.2, 0.25) is 0 Å².